The third-order valence-electron chi connectivity index (χ3n) is 7.42. The van der Waals surface area contributed by atoms with Crippen molar-refractivity contribution >= 4 is 28.4 Å². The minimum Gasteiger partial charge on any atom is -0.338 e. The van der Waals surface area contributed by atoms with Crippen LogP contribution in [-0.2, 0) is 0 Å². The lowest BCUT2D eigenvalue weighted by Gasteiger charge is -2.40. The lowest BCUT2D eigenvalue weighted by Crippen LogP contribution is -2.54. The highest BCUT2D eigenvalue weighted by Crippen LogP contribution is 2.35. The molecule has 0 radical (unpaired) electrons. The molecule has 0 unspecified atom stereocenters. The number of carbonyl (C=O) groups excluding carboxylic acids is 1. The summed E-state index contributed by atoms with van der Waals surface area (Å²) in [4.78, 5) is 22.5. The monoisotopic (exact) mass is 454 g/mol. The van der Waals surface area contributed by atoms with E-state index in [0.717, 1.165) is 59.8 Å². The number of para-hydroxylation sites is 1. The fraction of sp³-hybridized carbons (Fsp3) is 0.407. The van der Waals surface area contributed by atoms with Gasteiger partial charge >= 0.3 is 0 Å². The van der Waals surface area contributed by atoms with Crippen LogP contribution < -0.4 is 4.90 Å². The molecule has 7 nitrogen and oxygen atoms in total. The van der Waals surface area contributed by atoms with E-state index in [1.807, 2.05) is 53.4 Å². The fourth-order valence-electron chi connectivity index (χ4n) is 5.61. The molecule has 1 saturated carbocycles. The Hall–Kier alpha value is -3.48. The van der Waals surface area contributed by atoms with E-state index in [0.29, 0.717) is 12.5 Å². The van der Waals surface area contributed by atoms with Crippen molar-refractivity contribution in [1.29, 1.82) is 0 Å². The number of anilines is 1. The molecule has 2 aliphatic rings. The molecule has 1 amide bonds. The number of amides is 1. The molecule has 6 rings (SSSR count). The second kappa shape index (κ2) is 8.70. The second-order valence-electron chi connectivity index (χ2n) is 9.64. The van der Waals surface area contributed by atoms with Gasteiger partial charge < -0.3 is 9.80 Å². The Bertz CT molecular complexity index is 1330. The van der Waals surface area contributed by atoms with Crippen molar-refractivity contribution in [1.82, 2.24) is 24.5 Å². The van der Waals surface area contributed by atoms with E-state index in [1.54, 1.807) is 0 Å². The minimum atomic E-state index is 0.0689. The Morgan fingerprint density at radius 1 is 0.912 bits per heavy atom. The smallest absolute Gasteiger partial charge is 0.254 e. The Labute approximate surface area is 199 Å². The summed E-state index contributed by atoms with van der Waals surface area (Å²) in [6, 6.07) is 17.8. The number of aromatic nitrogens is 4. The first kappa shape index (κ1) is 21.1. The summed E-state index contributed by atoms with van der Waals surface area (Å²) in [5.74, 6) is 2.46. The first-order chi connectivity index (χ1) is 16.7. The molecule has 0 bridgehead atoms. The van der Waals surface area contributed by atoms with Crippen molar-refractivity contribution in [3.8, 4) is 0 Å². The molecule has 2 fully saturated rings. The van der Waals surface area contributed by atoms with Crippen LogP contribution in [0, 0.1) is 0 Å². The van der Waals surface area contributed by atoms with Gasteiger partial charge in [0.1, 0.15) is 5.82 Å². The topological polar surface area (TPSA) is 66.6 Å². The van der Waals surface area contributed by atoms with E-state index in [-0.39, 0.29) is 11.9 Å². The van der Waals surface area contributed by atoms with E-state index in [1.165, 1.54) is 19.3 Å². The number of piperazine rings is 1. The van der Waals surface area contributed by atoms with E-state index in [4.69, 9.17) is 10.1 Å². The van der Waals surface area contributed by atoms with E-state index in [2.05, 4.69) is 27.4 Å². The van der Waals surface area contributed by atoms with Crippen LogP contribution in [0.4, 0.5) is 5.95 Å². The van der Waals surface area contributed by atoms with Gasteiger partial charge in [0.15, 0.2) is 5.65 Å². The largest absolute Gasteiger partial charge is 0.338 e. The van der Waals surface area contributed by atoms with Gasteiger partial charge in [-0.2, -0.15) is 0 Å². The Balaban J connectivity index is 1.38. The Kier molecular flexibility index (Phi) is 5.40. The zero-order chi connectivity index (χ0) is 23.1. The van der Waals surface area contributed by atoms with Crippen LogP contribution in [-0.4, -0.2) is 56.1 Å². The zero-order valence-electron chi connectivity index (χ0n) is 19.6. The number of carbonyl (C=O) groups is 1. The van der Waals surface area contributed by atoms with Crippen LogP contribution in [0.25, 0.3) is 16.6 Å². The zero-order valence-corrected chi connectivity index (χ0v) is 19.6. The maximum Gasteiger partial charge on any atom is 0.254 e. The summed E-state index contributed by atoms with van der Waals surface area (Å²) in [5, 5.41) is 10.4. The van der Waals surface area contributed by atoms with Crippen molar-refractivity contribution in [3.05, 3.63) is 66.0 Å². The fourth-order valence-corrected chi connectivity index (χ4v) is 5.61. The molecule has 3 heterocycles. The van der Waals surface area contributed by atoms with Gasteiger partial charge in [-0.15, -0.1) is 10.2 Å². The first-order valence-electron chi connectivity index (χ1n) is 12.5. The van der Waals surface area contributed by atoms with Crippen LogP contribution >= 0.6 is 0 Å². The van der Waals surface area contributed by atoms with Gasteiger partial charge in [-0.1, -0.05) is 49.6 Å². The Morgan fingerprint density at radius 3 is 2.47 bits per heavy atom. The first-order valence-corrected chi connectivity index (χ1v) is 12.5. The molecule has 174 valence electrons. The summed E-state index contributed by atoms with van der Waals surface area (Å²) in [6.45, 7) is 4.23. The normalized spacial score (nSPS) is 19.7. The number of rotatable bonds is 3. The molecular weight excluding hydrogens is 424 g/mol. The average molecular weight is 455 g/mol. The maximum absolute atomic E-state index is 13.1. The number of benzene rings is 2. The second-order valence-corrected chi connectivity index (χ2v) is 9.64. The highest BCUT2D eigenvalue weighted by Gasteiger charge is 2.32. The summed E-state index contributed by atoms with van der Waals surface area (Å²) in [5.41, 5.74) is 2.56. The molecule has 0 spiro atoms. The van der Waals surface area contributed by atoms with Crippen LogP contribution in [0.15, 0.2) is 54.6 Å². The Morgan fingerprint density at radius 2 is 1.68 bits per heavy atom. The highest BCUT2D eigenvalue weighted by molar-refractivity contribution is 5.95. The number of nitrogens with zero attached hydrogens (tertiary/aromatic N) is 6. The molecular formula is C27H30N6O. The molecule has 34 heavy (non-hydrogen) atoms. The van der Waals surface area contributed by atoms with E-state index < -0.39 is 0 Å². The predicted molar refractivity (Wildman–Crippen MR) is 133 cm³/mol. The average Bonchev–Trinajstić information content (AvgIpc) is 3.34. The van der Waals surface area contributed by atoms with Crippen molar-refractivity contribution in [3.63, 3.8) is 0 Å². The molecule has 1 aliphatic heterocycles. The van der Waals surface area contributed by atoms with Gasteiger partial charge in [0.2, 0.25) is 5.95 Å². The van der Waals surface area contributed by atoms with Gasteiger partial charge in [-0.3, -0.25) is 4.79 Å². The van der Waals surface area contributed by atoms with E-state index in [9.17, 15) is 4.79 Å². The minimum absolute atomic E-state index is 0.0689. The molecule has 1 aliphatic carbocycles. The quantitative estimate of drug-likeness (QED) is 0.450. The van der Waals surface area contributed by atoms with Gasteiger partial charge in [-0.05, 0) is 44.0 Å². The summed E-state index contributed by atoms with van der Waals surface area (Å²) in [6.07, 6.45) is 6.10. The molecule has 4 aromatic rings. The SMILES string of the molecule is C[C@@H]1CN(c2nc3ccccc3c3nnc(C4CCCCC4)n23)CCN1C(=O)c1ccccc1. The summed E-state index contributed by atoms with van der Waals surface area (Å²) < 4.78 is 2.21. The van der Waals surface area contributed by atoms with Crippen molar-refractivity contribution in [2.24, 2.45) is 0 Å². The van der Waals surface area contributed by atoms with Crippen LogP contribution in [0.3, 0.4) is 0 Å². The van der Waals surface area contributed by atoms with Gasteiger partial charge in [0, 0.05) is 42.5 Å². The molecule has 0 N–H and O–H groups in total. The molecule has 7 heteroatoms. The van der Waals surface area contributed by atoms with Crippen molar-refractivity contribution < 1.29 is 4.79 Å². The van der Waals surface area contributed by atoms with Gasteiger partial charge in [-0.25, -0.2) is 9.38 Å². The highest BCUT2D eigenvalue weighted by atomic mass is 16.2. The van der Waals surface area contributed by atoms with Gasteiger partial charge in [0.25, 0.3) is 5.91 Å². The van der Waals surface area contributed by atoms with Crippen molar-refractivity contribution in [2.75, 3.05) is 24.5 Å². The molecule has 1 atom stereocenters. The molecule has 1 saturated heterocycles. The number of hydrogen-bond acceptors (Lipinski definition) is 5. The van der Waals surface area contributed by atoms with Crippen LogP contribution in [0.1, 0.15) is 61.1 Å². The van der Waals surface area contributed by atoms with E-state index >= 15 is 0 Å². The van der Waals surface area contributed by atoms with Gasteiger partial charge in [0.05, 0.1) is 5.52 Å². The lowest BCUT2D eigenvalue weighted by atomic mass is 9.89. The third-order valence-corrected chi connectivity index (χ3v) is 7.42. The summed E-state index contributed by atoms with van der Waals surface area (Å²) >= 11 is 0. The van der Waals surface area contributed by atoms with Crippen molar-refractivity contribution in [2.45, 2.75) is 51.0 Å². The van der Waals surface area contributed by atoms with Crippen LogP contribution in [0.5, 0.6) is 0 Å². The third kappa shape index (κ3) is 3.59. The summed E-state index contributed by atoms with van der Waals surface area (Å²) in [7, 11) is 0. The van der Waals surface area contributed by atoms with Crippen LogP contribution in [0.2, 0.25) is 0 Å². The lowest BCUT2D eigenvalue weighted by molar-refractivity contribution is 0.0673. The molecule has 2 aromatic carbocycles. The standard InChI is InChI=1S/C27H30N6O/c1-19-18-31(16-17-32(19)26(34)21-12-6-3-7-13-21)27-28-23-15-9-8-14-22(23)25-30-29-24(33(25)27)20-10-4-2-5-11-20/h3,6-9,12-15,19-20H,2,4-5,10-11,16-18H2,1H3/t19-/m1/s1. The molecule has 2 aromatic heterocycles. The number of fused-ring (bicyclic) bond motifs is 3. The predicted octanol–water partition coefficient (Wildman–Crippen LogP) is 4.68. The maximum atomic E-state index is 13.1. The number of hydrogen-bond donors (Lipinski definition) is 0.